The third-order valence-corrected chi connectivity index (χ3v) is 3.99. The number of hydrogen-bond acceptors (Lipinski definition) is 2. The zero-order chi connectivity index (χ0) is 13.8. The van der Waals surface area contributed by atoms with Crippen molar-refractivity contribution in [2.24, 2.45) is 5.92 Å². The van der Waals surface area contributed by atoms with Crippen LogP contribution in [0.4, 0.5) is 4.39 Å². The van der Waals surface area contributed by atoms with Crippen LogP contribution in [0.1, 0.15) is 29.6 Å². The number of halogens is 2. The van der Waals surface area contributed by atoms with Gasteiger partial charge in [-0.05, 0) is 30.9 Å². The molecule has 19 heavy (non-hydrogen) atoms. The first-order valence-electron chi connectivity index (χ1n) is 6.36. The van der Waals surface area contributed by atoms with Gasteiger partial charge in [0, 0.05) is 18.0 Å². The number of nitrogens with one attached hydrogen (secondary N) is 1. The third-order valence-electron chi connectivity index (χ3n) is 3.59. The molecule has 5 heteroatoms. The molecule has 1 aliphatic carbocycles. The molecule has 0 heterocycles. The van der Waals surface area contributed by atoms with Gasteiger partial charge in [0.25, 0.3) is 5.91 Å². The van der Waals surface area contributed by atoms with Crippen molar-refractivity contribution in [3.05, 3.63) is 29.6 Å². The molecule has 1 aliphatic rings. The molecule has 2 rings (SSSR count). The van der Waals surface area contributed by atoms with Gasteiger partial charge in [0.2, 0.25) is 0 Å². The minimum Gasteiger partial charge on any atom is -0.497 e. The Kier molecular flexibility index (Phi) is 4.64. The maximum absolute atomic E-state index is 13.8. The van der Waals surface area contributed by atoms with E-state index >= 15 is 0 Å². The van der Waals surface area contributed by atoms with Crippen molar-refractivity contribution in [1.29, 1.82) is 0 Å². The van der Waals surface area contributed by atoms with Crippen molar-refractivity contribution >= 4 is 17.5 Å². The summed E-state index contributed by atoms with van der Waals surface area (Å²) in [4.78, 5) is 12.0. The summed E-state index contributed by atoms with van der Waals surface area (Å²) < 4.78 is 18.7. The van der Waals surface area contributed by atoms with E-state index in [2.05, 4.69) is 5.32 Å². The lowest BCUT2D eigenvalue weighted by Gasteiger charge is -2.19. The summed E-state index contributed by atoms with van der Waals surface area (Å²) in [6.45, 7) is 0. The molecule has 1 amide bonds. The van der Waals surface area contributed by atoms with Crippen LogP contribution in [0.3, 0.4) is 0 Å². The highest BCUT2D eigenvalue weighted by molar-refractivity contribution is 6.18. The molecule has 0 radical (unpaired) electrons. The number of rotatable bonds is 4. The SMILES string of the molecule is COc1ccc(C(=O)NC2CCCC2CCl)c(F)c1. The van der Waals surface area contributed by atoms with Crippen LogP contribution in [0.5, 0.6) is 5.75 Å². The number of benzene rings is 1. The number of hydrogen-bond donors (Lipinski definition) is 1. The minimum atomic E-state index is -0.572. The smallest absolute Gasteiger partial charge is 0.254 e. The first-order chi connectivity index (χ1) is 9.15. The lowest BCUT2D eigenvalue weighted by Crippen LogP contribution is -2.38. The van der Waals surface area contributed by atoms with Gasteiger partial charge in [-0.3, -0.25) is 4.79 Å². The fourth-order valence-corrected chi connectivity index (χ4v) is 2.83. The molecule has 3 nitrogen and oxygen atoms in total. The summed E-state index contributed by atoms with van der Waals surface area (Å²) in [5.41, 5.74) is 0.0426. The highest BCUT2D eigenvalue weighted by Gasteiger charge is 2.28. The van der Waals surface area contributed by atoms with Gasteiger partial charge in [0.15, 0.2) is 0 Å². The maximum atomic E-state index is 13.8. The van der Waals surface area contributed by atoms with E-state index in [4.69, 9.17) is 16.3 Å². The lowest BCUT2D eigenvalue weighted by atomic mass is 10.1. The maximum Gasteiger partial charge on any atom is 0.254 e. The molecule has 1 N–H and O–H groups in total. The van der Waals surface area contributed by atoms with E-state index in [1.807, 2.05) is 0 Å². The molecule has 0 spiro atoms. The van der Waals surface area contributed by atoms with Gasteiger partial charge in [-0.1, -0.05) is 6.42 Å². The summed E-state index contributed by atoms with van der Waals surface area (Å²) in [5, 5.41) is 2.87. The molecule has 1 fully saturated rings. The summed E-state index contributed by atoms with van der Waals surface area (Å²) in [7, 11) is 1.46. The molecule has 1 saturated carbocycles. The number of carbonyl (C=O) groups is 1. The van der Waals surface area contributed by atoms with Gasteiger partial charge >= 0.3 is 0 Å². The van der Waals surface area contributed by atoms with E-state index in [1.165, 1.54) is 19.2 Å². The first kappa shape index (κ1) is 14.1. The average Bonchev–Trinajstić information content (AvgIpc) is 2.85. The minimum absolute atomic E-state index is 0.0426. The van der Waals surface area contributed by atoms with Gasteiger partial charge in [-0.25, -0.2) is 4.39 Å². The number of amides is 1. The molecule has 0 saturated heterocycles. The van der Waals surface area contributed by atoms with Gasteiger partial charge in [0.05, 0.1) is 12.7 Å². The molecule has 1 aromatic carbocycles. The van der Waals surface area contributed by atoms with Crippen molar-refractivity contribution in [2.45, 2.75) is 25.3 Å². The van der Waals surface area contributed by atoms with Crippen LogP contribution in [-0.4, -0.2) is 24.9 Å². The van der Waals surface area contributed by atoms with Crippen LogP contribution in [0.2, 0.25) is 0 Å². The standard InChI is InChI=1S/C14H17ClFNO2/c1-19-10-5-6-11(12(16)7-10)14(18)17-13-4-2-3-9(13)8-15/h5-7,9,13H,2-4,8H2,1H3,(H,17,18). The Balaban J connectivity index is 2.07. The summed E-state index contributed by atoms with van der Waals surface area (Å²) in [6.07, 6.45) is 2.97. The van der Waals surface area contributed by atoms with E-state index in [9.17, 15) is 9.18 Å². The highest BCUT2D eigenvalue weighted by atomic mass is 35.5. The number of ether oxygens (including phenoxy) is 1. The van der Waals surface area contributed by atoms with Gasteiger partial charge in [-0.15, -0.1) is 11.6 Å². The first-order valence-corrected chi connectivity index (χ1v) is 6.89. The van der Waals surface area contributed by atoms with E-state index in [1.54, 1.807) is 6.07 Å². The van der Waals surface area contributed by atoms with E-state index in [0.29, 0.717) is 11.6 Å². The van der Waals surface area contributed by atoms with Gasteiger partial charge in [0.1, 0.15) is 11.6 Å². The van der Waals surface area contributed by atoms with E-state index in [0.717, 1.165) is 19.3 Å². The predicted octanol–water partition coefficient (Wildman–Crippen LogP) is 2.97. The quantitative estimate of drug-likeness (QED) is 0.864. The second-order valence-electron chi connectivity index (χ2n) is 4.77. The monoisotopic (exact) mass is 285 g/mol. The summed E-state index contributed by atoms with van der Waals surface area (Å²) >= 11 is 5.86. The fraction of sp³-hybridized carbons (Fsp3) is 0.500. The lowest BCUT2D eigenvalue weighted by molar-refractivity contribution is 0.0926. The van der Waals surface area contributed by atoms with Crippen LogP contribution < -0.4 is 10.1 Å². The second-order valence-corrected chi connectivity index (χ2v) is 5.08. The number of carbonyl (C=O) groups excluding carboxylic acids is 1. The van der Waals surface area contributed by atoms with E-state index < -0.39 is 5.82 Å². The van der Waals surface area contributed by atoms with Crippen LogP contribution in [0, 0.1) is 11.7 Å². The molecule has 1 aromatic rings. The van der Waals surface area contributed by atoms with Crippen LogP contribution >= 0.6 is 11.6 Å². The zero-order valence-corrected chi connectivity index (χ0v) is 11.5. The number of methoxy groups -OCH3 is 1. The zero-order valence-electron chi connectivity index (χ0n) is 10.8. The Morgan fingerprint density at radius 1 is 1.53 bits per heavy atom. The van der Waals surface area contributed by atoms with E-state index in [-0.39, 0.29) is 23.4 Å². The molecule has 0 bridgehead atoms. The molecule has 2 atom stereocenters. The van der Waals surface area contributed by atoms with Crippen LogP contribution in [0.25, 0.3) is 0 Å². The summed E-state index contributed by atoms with van der Waals surface area (Å²) in [6, 6.07) is 4.27. The Labute approximate surface area is 117 Å². The van der Waals surface area contributed by atoms with Gasteiger partial charge < -0.3 is 10.1 Å². The van der Waals surface area contributed by atoms with Crippen molar-refractivity contribution < 1.29 is 13.9 Å². The average molecular weight is 286 g/mol. The molecule has 0 aromatic heterocycles. The topological polar surface area (TPSA) is 38.3 Å². The molecule has 104 valence electrons. The molecule has 2 unspecified atom stereocenters. The Hall–Kier alpha value is -1.29. The van der Waals surface area contributed by atoms with Crippen molar-refractivity contribution in [3.63, 3.8) is 0 Å². The van der Waals surface area contributed by atoms with Gasteiger partial charge in [-0.2, -0.15) is 0 Å². The normalized spacial score (nSPS) is 22.3. The third kappa shape index (κ3) is 3.18. The molecule has 0 aliphatic heterocycles. The molecular weight excluding hydrogens is 269 g/mol. The Bertz CT molecular complexity index is 467. The Morgan fingerprint density at radius 2 is 2.32 bits per heavy atom. The largest absolute Gasteiger partial charge is 0.497 e. The fourth-order valence-electron chi connectivity index (χ4n) is 2.46. The Morgan fingerprint density at radius 3 is 2.95 bits per heavy atom. The van der Waals surface area contributed by atoms with Crippen LogP contribution in [0.15, 0.2) is 18.2 Å². The second kappa shape index (κ2) is 6.24. The van der Waals surface area contributed by atoms with Crippen LogP contribution in [-0.2, 0) is 0 Å². The summed E-state index contributed by atoms with van der Waals surface area (Å²) in [5.74, 6) is 0.246. The van der Waals surface area contributed by atoms with Crippen molar-refractivity contribution in [3.8, 4) is 5.75 Å². The highest BCUT2D eigenvalue weighted by Crippen LogP contribution is 2.27. The van der Waals surface area contributed by atoms with Crippen molar-refractivity contribution in [2.75, 3.05) is 13.0 Å². The predicted molar refractivity (Wildman–Crippen MR) is 72.3 cm³/mol. The molecular formula is C14H17ClFNO2. The number of alkyl halides is 1. The van der Waals surface area contributed by atoms with Crippen molar-refractivity contribution in [1.82, 2.24) is 5.32 Å².